The Morgan fingerprint density at radius 2 is 2.17 bits per heavy atom. The summed E-state index contributed by atoms with van der Waals surface area (Å²) in [6.07, 6.45) is 0. The SMILES string of the molecule is COc1cc(Br)c(CBr)c(Br)n1. The van der Waals surface area contributed by atoms with E-state index in [1.54, 1.807) is 7.11 Å². The Kier molecular flexibility index (Phi) is 3.99. The lowest BCUT2D eigenvalue weighted by molar-refractivity contribution is 0.396. The quantitative estimate of drug-likeness (QED) is 0.595. The van der Waals surface area contributed by atoms with Crippen LogP contribution in [0.1, 0.15) is 5.56 Å². The maximum atomic E-state index is 4.99. The van der Waals surface area contributed by atoms with Gasteiger partial charge in [0.25, 0.3) is 0 Å². The molecule has 0 radical (unpaired) electrons. The average Bonchev–Trinajstić information content (AvgIpc) is 2.03. The predicted octanol–water partition coefficient (Wildman–Crippen LogP) is 3.51. The molecule has 1 aromatic rings. The fourth-order valence-corrected chi connectivity index (χ4v) is 3.35. The van der Waals surface area contributed by atoms with Crippen LogP contribution in [0.2, 0.25) is 0 Å². The van der Waals surface area contributed by atoms with E-state index in [0.29, 0.717) is 5.88 Å². The molecule has 0 aliphatic heterocycles. The molecule has 5 heteroatoms. The molecule has 0 amide bonds. The molecular formula is C7H6Br3NO. The molecule has 0 atom stereocenters. The van der Waals surface area contributed by atoms with Gasteiger partial charge in [0, 0.05) is 21.4 Å². The van der Waals surface area contributed by atoms with E-state index in [-0.39, 0.29) is 0 Å². The first-order valence-corrected chi connectivity index (χ1v) is 5.84. The Labute approximate surface area is 96.1 Å². The van der Waals surface area contributed by atoms with Gasteiger partial charge >= 0.3 is 0 Å². The minimum Gasteiger partial charge on any atom is -0.481 e. The number of halogens is 3. The van der Waals surface area contributed by atoms with E-state index >= 15 is 0 Å². The van der Waals surface area contributed by atoms with Crippen LogP contribution in [0.3, 0.4) is 0 Å². The molecule has 0 saturated carbocycles. The summed E-state index contributed by atoms with van der Waals surface area (Å²) < 4.78 is 6.77. The van der Waals surface area contributed by atoms with Crippen molar-refractivity contribution in [3.63, 3.8) is 0 Å². The molecule has 2 nitrogen and oxygen atoms in total. The van der Waals surface area contributed by atoms with Gasteiger partial charge in [-0.1, -0.05) is 31.9 Å². The smallest absolute Gasteiger partial charge is 0.215 e. The van der Waals surface area contributed by atoms with Crippen molar-refractivity contribution in [3.05, 3.63) is 20.7 Å². The summed E-state index contributed by atoms with van der Waals surface area (Å²) in [5.41, 5.74) is 1.08. The molecule has 0 aromatic carbocycles. The van der Waals surface area contributed by atoms with Crippen molar-refractivity contribution in [3.8, 4) is 5.88 Å². The minimum absolute atomic E-state index is 0.596. The van der Waals surface area contributed by atoms with Crippen molar-refractivity contribution < 1.29 is 4.74 Å². The minimum atomic E-state index is 0.596. The van der Waals surface area contributed by atoms with E-state index in [4.69, 9.17) is 4.74 Å². The van der Waals surface area contributed by atoms with Crippen LogP contribution >= 0.6 is 47.8 Å². The zero-order valence-electron chi connectivity index (χ0n) is 6.27. The predicted molar refractivity (Wildman–Crippen MR) is 58.8 cm³/mol. The first kappa shape index (κ1) is 10.5. The lowest BCUT2D eigenvalue weighted by Crippen LogP contribution is -1.92. The molecule has 0 saturated heterocycles. The highest BCUT2D eigenvalue weighted by molar-refractivity contribution is 9.11. The molecule has 0 aliphatic carbocycles. The van der Waals surface area contributed by atoms with Crippen molar-refractivity contribution in [1.82, 2.24) is 4.98 Å². The number of methoxy groups -OCH3 is 1. The van der Waals surface area contributed by atoms with Gasteiger partial charge in [-0.15, -0.1) is 0 Å². The monoisotopic (exact) mass is 357 g/mol. The van der Waals surface area contributed by atoms with Gasteiger partial charge in [-0.25, -0.2) is 4.98 Å². The molecule has 0 spiro atoms. The van der Waals surface area contributed by atoms with Crippen molar-refractivity contribution in [1.29, 1.82) is 0 Å². The molecule has 66 valence electrons. The summed E-state index contributed by atoms with van der Waals surface area (Å²) in [4.78, 5) is 4.16. The van der Waals surface area contributed by atoms with Crippen LogP contribution in [0.15, 0.2) is 15.1 Å². The molecule has 1 heterocycles. The maximum Gasteiger partial charge on any atom is 0.215 e. The Bertz CT molecular complexity index is 267. The van der Waals surface area contributed by atoms with Gasteiger partial charge in [0.2, 0.25) is 5.88 Å². The fourth-order valence-electron chi connectivity index (χ4n) is 0.714. The largest absolute Gasteiger partial charge is 0.481 e. The van der Waals surface area contributed by atoms with Gasteiger partial charge in [0.15, 0.2) is 0 Å². The number of alkyl halides is 1. The van der Waals surface area contributed by atoms with Gasteiger partial charge in [-0.05, 0) is 15.9 Å². The van der Waals surface area contributed by atoms with Crippen LogP contribution in [0.5, 0.6) is 5.88 Å². The molecule has 0 fully saturated rings. The zero-order chi connectivity index (χ0) is 9.14. The van der Waals surface area contributed by atoms with Gasteiger partial charge in [0.05, 0.1) is 7.11 Å². The van der Waals surface area contributed by atoms with Crippen LogP contribution in [-0.4, -0.2) is 12.1 Å². The van der Waals surface area contributed by atoms with Gasteiger partial charge in [0.1, 0.15) is 4.60 Å². The van der Waals surface area contributed by atoms with Gasteiger partial charge in [-0.2, -0.15) is 0 Å². The summed E-state index contributed by atoms with van der Waals surface area (Å²) in [7, 11) is 1.59. The lowest BCUT2D eigenvalue weighted by Gasteiger charge is -2.05. The highest BCUT2D eigenvalue weighted by atomic mass is 79.9. The molecule has 0 bridgehead atoms. The molecule has 1 rings (SSSR count). The number of aromatic nitrogens is 1. The second-order valence-corrected chi connectivity index (χ2v) is 4.22. The van der Waals surface area contributed by atoms with Crippen molar-refractivity contribution >= 4 is 47.8 Å². The average molecular weight is 360 g/mol. The molecule has 0 unspecified atom stereocenters. The molecular weight excluding hydrogens is 354 g/mol. The van der Waals surface area contributed by atoms with E-state index in [1.807, 2.05) is 6.07 Å². The van der Waals surface area contributed by atoms with E-state index in [2.05, 4.69) is 52.8 Å². The maximum absolute atomic E-state index is 4.99. The Balaban J connectivity index is 3.18. The standard InChI is InChI=1S/C7H6Br3NO/c1-12-6-2-5(9)4(3-8)7(10)11-6/h2H,3H2,1H3. The molecule has 0 aliphatic rings. The van der Waals surface area contributed by atoms with Gasteiger partial charge < -0.3 is 4.74 Å². The second-order valence-electron chi connectivity index (χ2n) is 2.05. The Morgan fingerprint density at radius 3 is 2.58 bits per heavy atom. The third kappa shape index (κ3) is 2.20. The zero-order valence-corrected chi connectivity index (χ0v) is 11.0. The summed E-state index contributed by atoms with van der Waals surface area (Å²) >= 11 is 10.1. The van der Waals surface area contributed by atoms with E-state index in [0.717, 1.165) is 20.0 Å². The van der Waals surface area contributed by atoms with E-state index in [1.165, 1.54) is 0 Å². The van der Waals surface area contributed by atoms with Crippen LogP contribution < -0.4 is 4.74 Å². The number of hydrogen-bond donors (Lipinski definition) is 0. The Morgan fingerprint density at radius 1 is 1.50 bits per heavy atom. The lowest BCUT2D eigenvalue weighted by atomic mass is 10.3. The van der Waals surface area contributed by atoms with Crippen LogP contribution in [0.4, 0.5) is 0 Å². The Hall–Kier alpha value is 0.390. The first-order chi connectivity index (χ1) is 5.69. The number of pyridine rings is 1. The highest BCUT2D eigenvalue weighted by Crippen LogP contribution is 2.29. The third-order valence-electron chi connectivity index (χ3n) is 1.34. The fraction of sp³-hybridized carbons (Fsp3) is 0.286. The number of hydrogen-bond acceptors (Lipinski definition) is 2. The summed E-state index contributed by atoms with van der Waals surface area (Å²) in [5.74, 6) is 0.596. The van der Waals surface area contributed by atoms with E-state index < -0.39 is 0 Å². The summed E-state index contributed by atoms with van der Waals surface area (Å²) in [6.45, 7) is 0. The van der Waals surface area contributed by atoms with Crippen LogP contribution in [0, 0.1) is 0 Å². The highest BCUT2D eigenvalue weighted by Gasteiger charge is 2.07. The van der Waals surface area contributed by atoms with Crippen LogP contribution in [-0.2, 0) is 5.33 Å². The number of nitrogens with zero attached hydrogens (tertiary/aromatic N) is 1. The summed E-state index contributed by atoms with van der Waals surface area (Å²) in [6, 6.07) is 1.83. The topological polar surface area (TPSA) is 22.1 Å². The molecule has 1 aromatic heterocycles. The van der Waals surface area contributed by atoms with Crippen molar-refractivity contribution in [2.75, 3.05) is 7.11 Å². The second kappa shape index (κ2) is 4.58. The van der Waals surface area contributed by atoms with Crippen molar-refractivity contribution in [2.24, 2.45) is 0 Å². The summed E-state index contributed by atoms with van der Waals surface area (Å²) in [5, 5.41) is 0.755. The molecule has 12 heavy (non-hydrogen) atoms. The molecule has 0 N–H and O–H groups in total. The third-order valence-corrected chi connectivity index (χ3v) is 3.26. The van der Waals surface area contributed by atoms with E-state index in [9.17, 15) is 0 Å². The number of ether oxygens (including phenoxy) is 1. The first-order valence-electron chi connectivity index (χ1n) is 3.14. The van der Waals surface area contributed by atoms with Gasteiger partial charge in [-0.3, -0.25) is 0 Å². The number of rotatable bonds is 2. The van der Waals surface area contributed by atoms with Crippen LogP contribution in [0.25, 0.3) is 0 Å². The normalized spacial score (nSPS) is 10.0. The van der Waals surface area contributed by atoms with Crippen molar-refractivity contribution in [2.45, 2.75) is 5.33 Å².